The lowest BCUT2D eigenvalue weighted by molar-refractivity contribution is -0.0697. The highest BCUT2D eigenvalue weighted by Crippen LogP contribution is 2.41. The molecule has 1 aliphatic heterocycles. The van der Waals surface area contributed by atoms with Crippen molar-refractivity contribution in [1.82, 2.24) is 0 Å². The van der Waals surface area contributed by atoms with Gasteiger partial charge in [-0.1, -0.05) is 26.7 Å². The van der Waals surface area contributed by atoms with E-state index >= 15 is 0 Å². The molecule has 15 heavy (non-hydrogen) atoms. The standard InChI is InChI=1S/C13H20OS/c1-3-5-8-13(4-2)11-7-10-15-12(11)6-9-14-13/h7,10H,3-6,8-9H2,1-2H3. The molecule has 1 nitrogen and oxygen atoms in total. The summed E-state index contributed by atoms with van der Waals surface area (Å²) >= 11 is 1.90. The molecule has 1 atom stereocenters. The Labute approximate surface area is 96.5 Å². The molecule has 1 aliphatic rings. The minimum absolute atomic E-state index is 0.0452. The van der Waals surface area contributed by atoms with Crippen molar-refractivity contribution in [2.45, 2.75) is 51.6 Å². The molecule has 0 fully saturated rings. The van der Waals surface area contributed by atoms with Crippen LogP contribution in [-0.4, -0.2) is 6.61 Å². The van der Waals surface area contributed by atoms with Gasteiger partial charge in [0, 0.05) is 11.3 Å². The van der Waals surface area contributed by atoms with E-state index in [0.29, 0.717) is 0 Å². The summed E-state index contributed by atoms with van der Waals surface area (Å²) in [6.07, 6.45) is 5.93. The molecule has 0 amide bonds. The van der Waals surface area contributed by atoms with Crippen LogP contribution in [0.3, 0.4) is 0 Å². The fourth-order valence-electron chi connectivity index (χ4n) is 2.50. The fourth-order valence-corrected chi connectivity index (χ4v) is 3.45. The molecule has 2 rings (SSSR count). The van der Waals surface area contributed by atoms with Gasteiger partial charge in [-0.15, -0.1) is 11.3 Å². The first kappa shape index (κ1) is 11.2. The first-order valence-corrected chi connectivity index (χ1v) is 6.91. The Balaban J connectivity index is 2.26. The maximum absolute atomic E-state index is 6.11. The van der Waals surface area contributed by atoms with E-state index in [0.717, 1.165) is 19.4 Å². The van der Waals surface area contributed by atoms with E-state index in [1.54, 1.807) is 4.88 Å². The predicted molar refractivity (Wildman–Crippen MR) is 65.5 cm³/mol. The number of fused-ring (bicyclic) bond motifs is 1. The van der Waals surface area contributed by atoms with E-state index in [4.69, 9.17) is 4.74 Å². The topological polar surface area (TPSA) is 9.23 Å². The second-order valence-electron chi connectivity index (χ2n) is 4.31. The molecule has 1 aromatic heterocycles. The van der Waals surface area contributed by atoms with Crippen LogP contribution < -0.4 is 0 Å². The highest BCUT2D eigenvalue weighted by Gasteiger charge is 2.36. The van der Waals surface area contributed by atoms with Crippen molar-refractivity contribution in [2.24, 2.45) is 0 Å². The largest absolute Gasteiger partial charge is 0.370 e. The number of hydrogen-bond acceptors (Lipinski definition) is 2. The van der Waals surface area contributed by atoms with Crippen molar-refractivity contribution >= 4 is 11.3 Å². The third kappa shape index (κ3) is 1.98. The van der Waals surface area contributed by atoms with E-state index in [1.165, 1.54) is 24.8 Å². The van der Waals surface area contributed by atoms with Gasteiger partial charge in [-0.05, 0) is 29.9 Å². The maximum Gasteiger partial charge on any atom is 0.0939 e. The average molecular weight is 224 g/mol. The Kier molecular flexibility index (Phi) is 3.47. The molecule has 0 aromatic carbocycles. The summed E-state index contributed by atoms with van der Waals surface area (Å²) in [5.41, 5.74) is 1.53. The van der Waals surface area contributed by atoms with Gasteiger partial charge in [-0.2, -0.15) is 0 Å². The van der Waals surface area contributed by atoms with E-state index in [9.17, 15) is 0 Å². The van der Waals surface area contributed by atoms with Crippen molar-refractivity contribution in [2.75, 3.05) is 6.61 Å². The average Bonchev–Trinajstić information content (AvgIpc) is 2.75. The van der Waals surface area contributed by atoms with Crippen LogP contribution in [0.4, 0.5) is 0 Å². The summed E-state index contributed by atoms with van der Waals surface area (Å²) in [4.78, 5) is 1.55. The summed E-state index contributed by atoms with van der Waals surface area (Å²) in [5.74, 6) is 0. The fraction of sp³-hybridized carbons (Fsp3) is 0.692. The predicted octanol–water partition coefficient (Wildman–Crippen LogP) is 4.12. The molecule has 2 heterocycles. The SMILES string of the molecule is CCCCC1(CC)OCCc2sccc21. The van der Waals surface area contributed by atoms with Crippen molar-refractivity contribution < 1.29 is 4.74 Å². The zero-order valence-corrected chi connectivity index (χ0v) is 10.5. The van der Waals surface area contributed by atoms with Gasteiger partial charge in [0.25, 0.3) is 0 Å². The van der Waals surface area contributed by atoms with E-state index in [2.05, 4.69) is 25.3 Å². The molecular weight excluding hydrogens is 204 g/mol. The second-order valence-corrected chi connectivity index (χ2v) is 5.31. The lowest BCUT2D eigenvalue weighted by Crippen LogP contribution is -2.34. The van der Waals surface area contributed by atoms with Gasteiger partial charge in [-0.25, -0.2) is 0 Å². The van der Waals surface area contributed by atoms with E-state index < -0.39 is 0 Å². The monoisotopic (exact) mass is 224 g/mol. The van der Waals surface area contributed by atoms with Gasteiger partial charge in [-0.3, -0.25) is 0 Å². The van der Waals surface area contributed by atoms with Gasteiger partial charge in [0.2, 0.25) is 0 Å². The molecule has 0 radical (unpaired) electrons. The number of thiophene rings is 1. The third-order valence-electron chi connectivity index (χ3n) is 3.45. The number of rotatable bonds is 4. The van der Waals surface area contributed by atoms with Crippen molar-refractivity contribution in [3.63, 3.8) is 0 Å². The molecule has 84 valence electrons. The van der Waals surface area contributed by atoms with Crippen LogP contribution >= 0.6 is 11.3 Å². The van der Waals surface area contributed by atoms with Crippen LogP contribution in [-0.2, 0) is 16.8 Å². The van der Waals surface area contributed by atoms with Gasteiger partial charge < -0.3 is 4.74 Å². The smallest absolute Gasteiger partial charge is 0.0939 e. The Morgan fingerprint density at radius 1 is 1.47 bits per heavy atom. The number of hydrogen-bond donors (Lipinski definition) is 0. The zero-order valence-electron chi connectivity index (χ0n) is 9.71. The molecule has 0 N–H and O–H groups in total. The van der Waals surface area contributed by atoms with Gasteiger partial charge in [0.05, 0.1) is 12.2 Å². The summed E-state index contributed by atoms with van der Waals surface area (Å²) < 4.78 is 6.11. The molecule has 0 aliphatic carbocycles. The maximum atomic E-state index is 6.11. The van der Waals surface area contributed by atoms with Crippen LogP contribution in [0.25, 0.3) is 0 Å². The molecule has 0 saturated heterocycles. The van der Waals surface area contributed by atoms with Crippen LogP contribution in [0.2, 0.25) is 0 Å². The first-order valence-electron chi connectivity index (χ1n) is 6.03. The van der Waals surface area contributed by atoms with Crippen molar-refractivity contribution in [1.29, 1.82) is 0 Å². The summed E-state index contributed by atoms with van der Waals surface area (Å²) in [6, 6.07) is 2.28. The number of unbranched alkanes of at least 4 members (excludes halogenated alkanes) is 1. The van der Waals surface area contributed by atoms with Crippen LogP contribution in [0.1, 0.15) is 50.0 Å². The van der Waals surface area contributed by atoms with E-state index in [1.807, 2.05) is 11.3 Å². The molecule has 2 heteroatoms. The van der Waals surface area contributed by atoms with Crippen molar-refractivity contribution in [3.05, 3.63) is 21.9 Å². The molecule has 0 saturated carbocycles. The Bertz CT molecular complexity index is 318. The summed E-state index contributed by atoms with van der Waals surface area (Å²) in [5, 5.41) is 2.22. The normalized spacial score (nSPS) is 25.2. The highest BCUT2D eigenvalue weighted by atomic mass is 32.1. The van der Waals surface area contributed by atoms with Gasteiger partial charge in [0.15, 0.2) is 0 Å². The Morgan fingerprint density at radius 3 is 3.07 bits per heavy atom. The zero-order chi connectivity index (χ0) is 10.7. The molecule has 1 unspecified atom stereocenters. The van der Waals surface area contributed by atoms with Crippen LogP contribution in [0.5, 0.6) is 0 Å². The Hall–Kier alpha value is -0.340. The van der Waals surface area contributed by atoms with E-state index in [-0.39, 0.29) is 5.60 Å². The van der Waals surface area contributed by atoms with Crippen molar-refractivity contribution in [3.8, 4) is 0 Å². The minimum atomic E-state index is 0.0452. The Morgan fingerprint density at radius 2 is 2.33 bits per heavy atom. The summed E-state index contributed by atoms with van der Waals surface area (Å²) in [6.45, 7) is 5.41. The first-order chi connectivity index (χ1) is 7.32. The molecular formula is C13H20OS. The summed E-state index contributed by atoms with van der Waals surface area (Å²) in [7, 11) is 0. The third-order valence-corrected chi connectivity index (χ3v) is 4.43. The van der Waals surface area contributed by atoms with Gasteiger partial charge in [0.1, 0.15) is 0 Å². The molecule has 0 spiro atoms. The lowest BCUT2D eigenvalue weighted by atomic mass is 9.84. The minimum Gasteiger partial charge on any atom is -0.370 e. The van der Waals surface area contributed by atoms with Gasteiger partial charge >= 0.3 is 0 Å². The molecule has 0 bridgehead atoms. The van der Waals surface area contributed by atoms with Crippen LogP contribution in [0.15, 0.2) is 11.4 Å². The second kappa shape index (κ2) is 4.67. The lowest BCUT2D eigenvalue weighted by Gasteiger charge is -2.37. The van der Waals surface area contributed by atoms with Crippen LogP contribution in [0, 0.1) is 0 Å². The number of ether oxygens (including phenoxy) is 1. The molecule has 1 aromatic rings. The quantitative estimate of drug-likeness (QED) is 0.747. The highest BCUT2D eigenvalue weighted by molar-refractivity contribution is 7.10.